The zero-order valence-electron chi connectivity index (χ0n) is 22.5. The first-order valence-electron chi connectivity index (χ1n) is 12.3. The number of nitrogens with one attached hydrogen (secondary N) is 2. The van der Waals surface area contributed by atoms with Gasteiger partial charge in [0.1, 0.15) is 22.9 Å². The maximum atomic E-state index is 13.7. The summed E-state index contributed by atoms with van der Waals surface area (Å²) in [5, 5.41) is 6.18. The van der Waals surface area contributed by atoms with Crippen molar-refractivity contribution in [2.45, 2.75) is 45.9 Å². The van der Waals surface area contributed by atoms with Crippen molar-refractivity contribution in [3.05, 3.63) is 92.7 Å². The first kappa shape index (κ1) is 30.2. The van der Waals surface area contributed by atoms with Gasteiger partial charge in [-0.3, -0.25) is 0 Å². The molecule has 0 aliphatic rings. The number of urea groups is 1. The van der Waals surface area contributed by atoms with Gasteiger partial charge in [-0.1, -0.05) is 51.8 Å². The largest absolute Gasteiger partial charge is 0.457 e. The third-order valence-electron chi connectivity index (χ3n) is 5.57. The van der Waals surface area contributed by atoms with E-state index in [1.807, 2.05) is 24.3 Å². The molecule has 0 heterocycles. The molecule has 3 rings (SSSR count). The molecule has 3 aromatic carbocycles. The average Bonchev–Trinajstić information content (AvgIpc) is 2.84. The second-order valence-corrected chi connectivity index (χ2v) is 11.3. The molecule has 2 N–H and O–H groups in total. The first-order chi connectivity index (χ1) is 18.3. The number of rotatable bonds is 8. The fraction of sp³-hybridized carbons (Fsp3) is 0.310. The zero-order chi connectivity index (χ0) is 28.7. The van der Waals surface area contributed by atoms with Crippen molar-refractivity contribution in [3.8, 4) is 11.5 Å². The van der Waals surface area contributed by atoms with Gasteiger partial charge in [0, 0.05) is 28.7 Å². The molecule has 0 radical (unpaired) electrons. The van der Waals surface area contributed by atoms with Crippen LogP contribution in [0.3, 0.4) is 0 Å². The number of alkyl carbamates (subject to hydrolysis) is 1. The van der Waals surface area contributed by atoms with E-state index in [4.69, 9.17) is 21.1 Å². The summed E-state index contributed by atoms with van der Waals surface area (Å²) >= 11 is 9.71. The van der Waals surface area contributed by atoms with Crippen molar-refractivity contribution in [3.63, 3.8) is 0 Å². The van der Waals surface area contributed by atoms with Gasteiger partial charge in [-0.15, -0.1) is 0 Å². The van der Waals surface area contributed by atoms with Gasteiger partial charge < -0.3 is 25.0 Å². The maximum absolute atomic E-state index is 13.7. The third-order valence-corrected chi connectivity index (χ3v) is 6.53. The van der Waals surface area contributed by atoms with E-state index in [9.17, 15) is 14.0 Å². The quantitative estimate of drug-likeness (QED) is 0.270. The third kappa shape index (κ3) is 9.14. The lowest BCUT2D eigenvalue weighted by molar-refractivity contribution is 0.0502. The molecular formula is C29H32BrClFN3O4. The monoisotopic (exact) mass is 619 g/mol. The predicted molar refractivity (Wildman–Crippen MR) is 154 cm³/mol. The summed E-state index contributed by atoms with van der Waals surface area (Å²) in [6.45, 7) is 7.31. The van der Waals surface area contributed by atoms with E-state index in [0.717, 1.165) is 10.0 Å². The van der Waals surface area contributed by atoms with Crippen LogP contribution in [0.1, 0.15) is 43.5 Å². The Balaban J connectivity index is 1.71. The molecule has 1 atom stereocenters. The molecule has 3 amide bonds. The minimum atomic E-state index is -0.670. The van der Waals surface area contributed by atoms with E-state index in [1.165, 1.54) is 17.0 Å². The van der Waals surface area contributed by atoms with Crippen molar-refractivity contribution in [1.29, 1.82) is 0 Å². The second-order valence-electron chi connectivity index (χ2n) is 10.0. The number of nitrogens with zero attached hydrogens (tertiary/aromatic N) is 1. The molecule has 1 unspecified atom stereocenters. The number of hydrogen-bond acceptors (Lipinski definition) is 4. The SMILES string of the molecule is Cc1cc(Oc2cc(Cl)ccc2CN(C)C(=O)NCC(NC(=O)OC(C)(C)C)c2ccccc2Br)ccc1F. The number of aryl methyl sites for hydroxylation is 1. The maximum Gasteiger partial charge on any atom is 0.408 e. The minimum Gasteiger partial charge on any atom is -0.457 e. The zero-order valence-corrected chi connectivity index (χ0v) is 24.8. The summed E-state index contributed by atoms with van der Waals surface area (Å²) in [6.07, 6.45) is -0.593. The molecule has 208 valence electrons. The van der Waals surface area contributed by atoms with Gasteiger partial charge in [-0.2, -0.15) is 0 Å². The van der Waals surface area contributed by atoms with Gasteiger partial charge in [-0.05, 0) is 75.2 Å². The molecule has 0 saturated carbocycles. The molecule has 0 aliphatic carbocycles. The van der Waals surface area contributed by atoms with Gasteiger partial charge in [0.15, 0.2) is 0 Å². The van der Waals surface area contributed by atoms with Crippen LogP contribution in [-0.4, -0.2) is 36.2 Å². The number of hydrogen-bond donors (Lipinski definition) is 2. The molecule has 10 heteroatoms. The molecule has 0 aromatic heterocycles. The van der Waals surface area contributed by atoms with Gasteiger partial charge in [-0.25, -0.2) is 14.0 Å². The fourth-order valence-corrected chi connectivity index (χ4v) is 4.38. The number of carbonyl (C=O) groups is 2. The van der Waals surface area contributed by atoms with E-state index in [2.05, 4.69) is 26.6 Å². The van der Waals surface area contributed by atoms with Crippen molar-refractivity contribution in [2.24, 2.45) is 0 Å². The Labute approximate surface area is 241 Å². The van der Waals surface area contributed by atoms with Crippen LogP contribution < -0.4 is 15.4 Å². The van der Waals surface area contributed by atoms with Crippen molar-refractivity contribution in [2.75, 3.05) is 13.6 Å². The lowest BCUT2D eigenvalue weighted by atomic mass is 10.1. The Morgan fingerprint density at radius 3 is 2.49 bits per heavy atom. The highest BCUT2D eigenvalue weighted by Crippen LogP contribution is 2.30. The Hall–Kier alpha value is -3.30. The lowest BCUT2D eigenvalue weighted by Crippen LogP contribution is -2.43. The van der Waals surface area contributed by atoms with Crippen LogP contribution in [0.2, 0.25) is 5.02 Å². The van der Waals surface area contributed by atoms with Crippen molar-refractivity contribution < 1.29 is 23.5 Å². The second kappa shape index (κ2) is 13.2. The normalized spacial score (nSPS) is 11.9. The number of halogens is 3. The van der Waals surface area contributed by atoms with E-state index < -0.39 is 17.7 Å². The van der Waals surface area contributed by atoms with Gasteiger partial charge in [0.05, 0.1) is 12.6 Å². The van der Waals surface area contributed by atoms with Crippen molar-refractivity contribution in [1.82, 2.24) is 15.5 Å². The Bertz CT molecular complexity index is 1330. The molecule has 7 nitrogen and oxygen atoms in total. The van der Waals surface area contributed by atoms with E-state index >= 15 is 0 Å². The number of amides is 3. The summed E-state index contributed by atoms with van der Waals surface area (Å²) < 4.78 is 25.9. The van der Waals surface area contributed by atoms with Crippen LogP contribution in [0.5, 0.6) is 11.5 Å². The molecule has 0 aliphatic heterocycles. The summed E-state index contributed by atoms with van der Waals surface area (Å²) in [7, 11) is 1.64. The number of benzene rings is 3. The molecule has 0 bridgehead atoms. The molecule has 3 aromatic rings. The fourth-order valence-electron chi connectivity index (χ4n) is 3.66. The summed E-state index contributed by atoms with van der Waals surface area (Å²) in [5.74, 6) is 0.576. The predicted octanol–water partition coefficient (Wildman–Crippen LogP) is 7.75. The Morgan fingerprint density at radius 1 is 1.10 bits per heavy atom. The topological polar surface area (TPSA) is 79.9 Å². The van der Waals surface area contributed by atoms with Gasteiger partial charge in [0.2, 0.25) is 0 Å². The summed E-state index contributed by atoms with van der Waals surface area (Å²) in [6, 6.07) is 16.1. The molecule has 0 fully saturated rings. The molecule has 39 heavy (non-hydrogen) atoms. The van der Waals surface area contributed by atoms with Crippen LogP contribution in [0, 0.1) is 12.7 Å². The van der Waals surface area contributed by atoms with E-state index in [0.29, 0.717) is 27.6 Å². The van der Waals surface area contributed by atoms with E-state index in [1.54, 1.807) is 59.0 Å². The van der Waals surface area contributed by atoms with E-state index in [-0.39, 0.29) is 24.9 Å². The van der Waals surface area contributed by atoms with Crippen LogP contribution in [0.25, 0.3) is 0 Å². The lowest BCUT2D eigenvalue weighted by Gasteiger charge is -2.26. The highest BCUT2D eigenvalue weighted by molar-refractivity contribution is 9.10. The summed E-state index contributed by atoms with van der Waals surface area (Å²) in [5.41, 5.74) is 1.27. The van der Waals surface area contributed by atoms with Gasteiger partial charge >= 0.3 is 12.1 Å². The minimum absolute atomic E-state index is 0.115. The van der Waals surface area contributed by atoms with Crippen LogP contribution in [-0.2, 0) is 11.3 Å². The number of carbonyl (C=O) groups excluding carboxylic acids is 2. The Morgan fingerprint density at radius 2 is 1.82 bits per heavy atom. The van der Waals surface area contributed by atoms with Crippen LogP contribution in [0.15, 0.2) is 65.1 Å². The van der Waals surface area contributed by atoms with Crippen molar-refractivity contribution >= 4 is 39.7 Å². The molecule has 0 saturated heterocycles. The molecule has 0 spiro atoms. The molecular weight excluding hydrogens is 589 g/mol. The smallest absolute Gasteiger partial charge is 0.408 e. The number of ether oxygens (including phenoxy) is 2. The standard InChI is InChI=1S/C29H32BrClFN3O4/c1-18-14-21(12-13-24(18)32)38-26-15-20(31)11-10-19(26)17-35(5)27(36)33-16-25(22-8-6-7-9-23(22)30)34-28(37)39-29(2,3)4/h6-15,25H,16-17H2,1-5H3,(H,33,36)(H,34,37). The first-order valence-corrected chi connectivity index (χ1v) is 13.4. The average molecular weight is 621 g/mol. The highest BCUT2D eigenvalue weighted by atomic mass is 79.9. The Kier molecular flexibility index (Phi) is 10.2. The van der Waals surface area contributed by atoms with Crippen LogP contribution >= 0.6 is 27.5 Å². The summed E-state index contributed by atoms with van der Waals surface area (Å²) in [4.78, 5) is 27.0. The van der Waals surface area contributed by atoms with Crippen LogP contribution in [0.4, 0.5) is 14.0 Å². The highest BCUT2D eigenvalue weighted by Gasteiger charge is 2.23. The van der Waals surface area contributed by atoms with Gasteiger partial charge in [0.25, 0.3) is 0 Å².